The van der Waals surface area contributed by atoms with Gasteiger partial charge in [-0.1, -0.05) is 79.1 Å². The van der Waals surface area contributed by atoms with Crippen LogP contribution in [0.25, 0.3) is 0 Å². The van der Waals surface area contributed by atoms with Crippen LogP contribution in [0.2, 0.25) is 0 Å². The quantitative estimate of drug-likeness (QED) is 0.107. The molecule has 0 saturated heterocycles. The molecule has 0 aliphatic rings. The van der Waals surface area contributed by atoms with E-state index in [2.05, 4.69) is 114 Å². The van der Waals surface area contributed by atoms with E-state index in [1.165, 1.54) is 45.7 Å². The molecular formula is C34H52O4S2Sn. The maximum absolute atomic E-state index is 10.3. The molecule has 0 amide bonds. The van der Waals surface area contributed by atoms with Gasteiger partial charge in [0, 0.05) is 10.5 Å². The zero-order chi connectivity index (χ0) is 30.9. The van der Waals surface area contributed by atoms with Crippen LogP contribution < -0.4 is 10.2 Å². The molecule has 228 valence electrons. The van der Waals surface area contributed by atoms with Gasteiger partial charge in [-0.15, -0.1) is 0 Å². The molecular weight excluding hydrogens is 655 g/mol. The summed E-state index contributed by atoms with van der Waals surface area (Å²) in [6.07, 6.45) is 10.2. The number of carboxylic acid groups (broad SMARTS) is 2. The number of carbonyl (C=O) groups excluding carboxylic acids is 2. The Morgan fingerprint density at radius 3 is 1.20 bits per heavy atom. The normalized spacial score (nSPS) is 11.9. The number of carbonyl (C=O) groups is 2. The van der Waals surface area contributed by atoms with Gasteiger partial charge in [-0.25, -0.2) is 0 Å². The Hall–Kier alpha value is -1.12. The summed E-state index contributed by atoms with van der Waals surface area (Å²) in [5.41, 5.74) is 3.03. The summed E-state index contributed by atoms with van der Waals surface area (Å²) >= 11 is 7.55. The maximum atomic E-state index is 10.3. The molecule has 7 heteroatoms. The summed E-state index contributed by atoms with van der Waals surface area (Å²) in [5.74, 6) is -0.611. The molecule has 2 atom stereocenters. The number of unbranched alkanes of at least 4 members (excludes halogenated alkanes) is 4. The van der Waals surface area contributed by atoms with Gasteiger partial charge in [0.15, 0.2) is 0 Å². The van der Waals surface area contributed by atoms with Gasteiger partial charge in [0.1, 0.15) is 0 Å². The Bertz CT molecular complexity index is 821. The zero-order valence-corrected chi connectivity index (χ0v) is 30.2. The van der Waals surface area contributed by atoms with Crippen LogP contribution in [-0.4, -0.2) is 43.6 Å². The first-order valence-electron chi connectivity index (χ1n) is 15.1. The molecule has 0 bridgehead atoms. The van der Waals surface area contributed by atoms with E-state index in [-0.39, 0.29) is 21.1 Å². The van der Waals surface area contributed by atoms with E-state index in [0.29, 0.717) is 12.8 Å². The van der Waals surface area contributed by atoms with Gasteiger partial charge in [-0.05, 0) is 24.7 Å². The average molecular weight is 708 g/mol. The van der Waals surface area contributed by atoms with Crippen LogP contribution in [0.3, 0.4) is 0 Å². The summed E-state index contributed by atoms with van der Waals surface area (Å²) in [6.45, 7) is 8.79. The van der Waals surface area contributed by atoms with Crippen molar-refractivity contribution in [2.45, 2.75) is 111 Å². The molecule has 2 aromatic carbocycles. The van der Waals surface area contributed by atoms with Crippen molar-refractivity contribution in [1.29, 1.82) is 0 Å². The topological polar surface area (TPSA) is 80.3 Å². The van der Waals surface area contributed by atoms with Gasteiger partial charge in [0.25, 0.3) is 0 Å². The molecule has 0 aliphatic heterocycles. The molecule has 2 rings (SSSR count). The van der Waals surface area contributed by atoms with Crippen LogP contribution in [0, 0.1) is 11.8 Å². The average Bonchev–Trinajstić information content (AvgIpc) is 2.94. The van der Waals surface area contributed by atoms with Gasteiger partial charge in [0.2, 0.25) is 0 Å². The van der Waals surface area contributed by atoms with Crippen molar-refractivity contribution in [3.05, 3.63) is 71.8 Å². The Morgan fingerprint density at radius 2 is 0.902 bits per heavy atom. The third-order valence-electron chi connectivity index (χ3n) is 6.41. The second-order valence-electron chi connectivity index (χ2n) is 11.3. The second kappa shape index (κ2) is 26.5. The molecule has 2 aromatic rings. The number of thiol groups is 2. The Balaban J connectivity index is 0.000000589. The summed E-state index contributed by atoms with van der Waals surface area (Å²) in [4.78, 5) is 20.6. The fourth-order valence-corrected chi connectivity index (χ4v) is 7.63. The summed E-state index contributed by atoms with van der Waals surface area (Å²) in [5, 5.41) is 19.4. The van der Waals surface area contributed by atoms with E-state index in [0.717, 1.165) is 37.5 Å². The predicted octanol–water partition coefficient (Wildman–Crippen LogP) is 6.37. The van der Waals surface area contributed by atoms with E-state index < -0.39 is 22.4 Å². The first-order valence-corrected chi connectivity index (χ1v) is 20.2. The summed E-state index contributed by atoms with van der Waals surface area (Å²) < 4.78 is 2.69. The predicted molar refractivity (Wildman–Crippen MR) is 177 cm³/mol. The van der Waals surface area contributed by atoms with Crippen LogP contribution in [0.15, 0.2) is 60.7 Å². The molecule has 41 heavy (non-hydrogen) atoms. The van der Waals surface area contributed by atoms with Crippen molar-refractivity contribution in [1.82, 2.24) is 0 Å². The number of hydrogen-bond donors (Lipinski definition) is 2. The van der Waals surface area contributed by atoms with Crippen LogP contribution in [0.1, 0.15) is 103 Å². The standard InChI is InChI=1S/2C10H20O2S.2C7H7.Sn/c2*1-8(2)6-4-3-5-7-9(13)10(11)12;2*1-7-5-3-2-4-6-7;/h2*8-9,13H,3-7H2,1-2H3,(H,11,12);2*2-6H,1H2;/q;;;;+2/p-2. The van der Waals surface area contributed by atoms with Gasteiger partial charge in [-0.2, -0.15) is 25.3 Å². The van der Waals surface area contributed by atoms with Crippen molar-refractivity contribution in [2.24, 2.45) is 11.8 Å². The van der Waals surface area contributed by atoms with E-state index in [1.54, 1.807) is 0 Å². The van der Waals surface area contributed by atoms with Gasteiger partial charge >= 0.3 is 102 Å². The van der Waals surface area contributed by atoms with E-state index in [9.17, 15) is 19.8 Å². The Labute approximate surface area is 271 Å². The molecule has 4 nitrogen and oxygen atoms in total. The molecule has 0 heterocycles. The van der Waals surface area contributed by atoms with E-state index in [4.69, 9.17) is 0 Å². The third-order valence-corrected chi connectivity index (χ3v) is 11.1. The second-order valence-corrected chi connectivity index (χ2v) is 16.0. The van der Waals surface area contributed by atoms with Crippen LogP contribution in [0.4, 0.5) is 0 Å². The third kappa shape index (κ3) is 26.3. The molecule has 0 saturated carbocycles. The molecule has 0 aromatic heterocycles. The molecule has 0 N–H and O–H groups in total. The minimum absolute atomic E-state index is 0.258. The van der Waals surface area contributed by atoms with Crippen molar-refractivity contribution in [2.75, 3.05) is 0 Å². The van der Waals surface area contributed by atoms with Crippen molar-refractivity contribution in [3.63, 3.8) is 0 Å². The molecule has 0 radical (unpaired) electrons. The first kappa shape index (κ1) is 39.9. The van der Waals surface area contributed by atoms with Crippen molar-refractivity contribution >= 4 is 58.3 Å². The van der Waals surface area contributed by atoms with E-state index in [1.807, 2.05) is 0 Å². The summed E-state index contributed by atoms with van der Waals surface area (Å²) in [6, 6.07) is 21.7. The molecule has 0 spiro atoms. The number of carboxylic acids is 2. The van der Waals surface area contributed by atoms with E-state index >= 15 is 0 Å². The van der Waals surface area contributed by atoms with Crippen molar-refractivity contribution in [3.8, 4) is 0 Å². The SMILES string of the molecule is CC(C)CCCCCC(S)C(=O)[O-].CC(C)CCCCCC(S)C(=O)[O-].c1ccc([CH2][Sn+2][CH2]c2ccccc2)cc1. The molecule has 0 fully saturated rings. The van der Waals surface area contributed by atoms with Crippen LogP contribution in [-0.2, 0) is 18.5 Å². The first-order chi connectivity index (χ1) is 19.5. The number of aliphatic carboxylic acids is 2. The number of rotatable bonds is 18. The van der Waals surface area contributed by atoms with Crippen molar-refractivity contribution < 1.29 is 19.8 Å². The number of benzene rings is 2. The Kier molecular flexibility index (Phi) is 25.8. The number of hydrogen-bond acceptors (Lipinski definition) is 6. The zero-order valence-electron chi connectivity index (χ0n) is 25.6. The fraction of sp³-hybridized carbons (Fsp3) is 0.588. The van der Waals surface area contributed by atoms with Gasteiger partial charge < -0.3 is 19.8 Å². The van der Waals surface area contributed by atoms with Crippen LogP contribution in [0.5, 0.6) is 0 Å². The monoisotopic (exact) mass is 708 g/mol. The van der Waals surface area contributed by atoms with Gasteiger partial charge in [0.05, 0.1) is 11.9 Å². The Morgan fingerprint density at radius 1 is 0.585 bits per heavy atom. The molecule has 2 unspecified atom stereocenters. The van der Waals surface area contributed by atoms with Gasteiger partial charge in [-0.3, -0.25) is 0 Å². The van der Waals surface area contributed by atoms with Crippen LogP contribution >= 0.6 is 25.3 Å². The summed E-state index contributed by atoms with van der Waals surface area (Å²) in [7, 11) is 0. The minimum atomic E-state index is -1.05. The molecule has 0 aliphatic carbocycles. The fourth-order valence-electron chi connectivity index (χ4n) is 3.91.